The maximum Gasteiger partial charge on any atom is 0.118 e. The van der Waals surface area contributed by atoms with Crippen molar-refractivity contribution in [1.29, 1.82) is 0 Å². The summed E-state index contributed by atoms with van der Waals surface area (Å²) in [5.74, 6) is 1.51. The van der Waals surface area contributed by atoms with Gasteiger partial charge in [0.05, 0.1) is 19.3 Å². The second-order valence-electron chi connectivity index (χ2n) is 4.48. The third-order valence-electron chi connectivity index (χ3n) is 3.11. The molecule has 1 N–H and O–H groups in total. The average Bonchev–Trinajstić information content (AvgIpc) is 2.55. The first-order valence-electron chi connectivity index (χ1n) is 6.47. The van der Waals surface area contributed by atoms with Crippen LogP contribution in [0.1, 0.15) is 17.2 Å². The van der Waals surface area contributed by atoms with E-state index in [0.717, 1.165) is 17.1 Å². The average molecular weight is 305 g/mol. The molecular formula is C17H17ClO3. The van der Waals surface area contributed by atoms with Crippen molar-refractivity contribution in [2.45, 2.75) is 6.10 Å². The normalized spacial score (nSPS) is 12.9. The summed E-state index contributed by atoms with van der Waals surface area (Å²) in [5, 5.41) is 10.6. The smallest absolute Gasteiger partial charge is 0.118 e. The predicted octanol–water partition coefficient (Wildman–Crippen LogP) is 4.02. The SMILES string of the molecule is COc1ccc(/C=C(\Cl)C(O)c2ccc(OC)cc2)cc1. The van der Waals surface area contributed by atoms with Crippen molar-refractivity contribution in [3.05, 3.63) is 64.7 Å². The van der Waals surface area contributed by atoms with Gasteiger partial charge in [0, 0.05) is 0 Å². The van der Waals surface area contributed by atoms with Gasteiger partial charge in [0.1, 0.15) is 17.6 Å². The fourth-order valence-corrected chi connectivity index (χ4v) is 2.14. The molecule has 0 aliphatic rings. The highest BCUT2D eigenvalue weighted by atomic mass is 35.5. The molecule has 2 rings (SSSR count). The number of aliphatic hydroxyl groups excluding tert-OH is 1. The zero-order chi connectivity index (χ0) is 15.2. The molecule has 2 aromatic carbocycles. The fourth-order valence-electron chi connectivity index (χ4n) is 1.88. The van der Waals surface area contributed by atoms with Crippen LogP contribution in [0, 0.1) is 0 Å². The third-order valence-corrected chi connectivity index (χ3v) is 3.43. The van der Waals surface area contributed by atoms with Crippen molar-refractivity contribution in [1.82, 2.24) is 0 Å². The molecule has 0 heterocycles. The van der Waals surface area contributed by atoms with Crippen molar-refractivity contribution < 1.29 is 14.6 Å². The lowest BCUT2D eigenvalue weighted by atomic mass is 10.1. The van der Waals surface area contributed by atoms with Gasteiger partial charge in [0.25, 0.3) is 0 Å². The van der Waals surface area contributed by atoms with Gasteiger partial charge in [0.15, 0.2) is 0 Å². The molecule has 1 atom stereocenters. The van der Waals surface area contributed by atoms with E-state index in [1.165, 1.54) is 0 Å². The van der Waals surface area contributed by atoms with E-state index in [-0.39, 0.29) is 0 Å². The van der Waals surface area contributed by atoms with E-state index < -0.39 is 6.10 Å². The molecule has 110 valence electrons. The molecule has 0 amide bonds. The Morgan fingerprint density at radius 3 is 1.90 bits per heavy atom. The van der Waals surface area contributed by atoms with Crippen LogP contribution in [0.5, 0.6) is 11.5 Å². The van der Waals surface area contributed by atoms with E-state index in [4.69, 9.17) is 21.1 Å². The summed E-state index contributed by atoms with van der Waals surface area (Å²) in [4.78, 5) is 0. The summed E-state index contributed by atoms with van der Waals surface area (Å²) in [5.41, 5.74) is 1.61. The van der Waals surface area contributed by atoms with Crippen LogP contribution >= 0.6 is 11.6 Å². The molecule has 0 fully saturated rings. The van der Waals surface area contributed by atoms with Gasteiger partial charge in [-0.2, -0.15) is 0 Å². The third kappa shape index (κ3) is 4.00. The maximum absolute atomic E-state index is 10.2. The first-order valence-corrected chi connectivity index (χ1v) is 6.85. The summed E-state index contributed by atoms with van der Waals surface area (Å²) in [7, 11) is 3.22. The van der Waals surface area contributed by atoms with Crippen LogP contribution in [0.3, 0.4) is 0 Å². The summed E-state index contributed by atoms with van der Waals surface area (Å²) in [6.45, 7) is 0. The van der Waals surface area contributed by atoms with Crippen LogP contribution in [-0.2, 0) is 0 Å². The Kier molecular flexibility index (Phi) is 5.26. The predicted molar refractivity (Wildman–Crippen MR) is 84.8 cm³/mol. The molecule has 1 unspecified atom stereocenters. The zero-order valence-electron chi connectivity index (χ0n) is 11.9. The lowest BCUT2D eigenvalue weighted by molar-refractivity contribution is 0.225. The summed E-state index contributed by atoms with van der Waals surface area (Å²) < 4.78 is 10.2. The number of hydrogen-bond donors (Lipinski definition) is 1. The fraction of sp³-hybridized carbons (Fsp3) is 0.176. The molecular weight excluding hydrogens is 288 g/mol. The molecule has 0 saturated heterocycles. The van der Waals surface area contributed by atoms with Crippen LogP contribution in [0.25, 0.3) is 6.08 Å². The topological polar surface area (TPSA) is 38.7 Å². The van der Waals surface area contributed by atoms with Gasteiger partial charge < -0.3 is 14.6 Å². The summed E-state index contributed by atoms with van der Waals surface area (Å²) in [6, 6.07) is 14.6. The van der Waals surface area contributed by atoms with Crippen molar-refractivity contribution in [3.63, 3.8) is 0 Å². The zero-order valence-corrected chi connectivity index (χ0v) is 12.7. The standard InChI is InChI=1S/C17H17ClO3/c1-20-14-7-3-12(4-8-14)11-16(18)17(19)13-5-9-15(21-2)10-6-13/h3-11,17,19H,1-2H3/b16-11-. The quantitative estimate of drug-likeness (QED) is 0.907. The minimum atomic E-state index is -0.861. The maximum atomic E-state index is 10.2. The number of benzene rings is 2. The summed E-state index contributed by atoms with van der Waals surface area (Å²) in [6.07, 6.45) is 0.871. The highest BCUT2D eigenvalue weighted by Crippen LogP contribution is 2.28. The second-order valence-corrected chi connectivity index (χ2v) is 4.91. The minimum Gasteiger partial charge on any atom is -0.497 e. The number of halogens is 1. The molecule has 2 aromatic rings. The van der Waals surface area contributed by atoms with Crippen molar-refractivity contribution in [3.8, 4) is 11.5 Å². The Morgan fingerprint density at radius 1 is 0.952 bits per heavy atom. The highest BCUT2D eigenvalue weighted by molar-refractivity contribution is 6.32. The van der Waals surface area contributed by atoms with E-state index >= 15 is 0 Å². The van der Waals surface area contributed by atoms with Crippen LogP contribution < -0.4 is 9.47 Å². The minimum absolute atomic E-state index is 0.352. The monoisotopic (exact) mass is 304 g/mol. The van der Waals surface area contributed by atoms with Gasteiger partial charge in [-0.1, -0.05) is 35.9 Å². The van der Waals surface area contributed by atoms with Crippen LogP contribution in [0.2, 0.25) is 0 Å². The molecule has 4 heteroatoms. The first-order chi connectivity index (χ1) is 10.1. The van der Waals surface area contributed by atoms with Gasteiger partial charge in [-0.15, -0.1) is 0 Å². The molecule has 0 aromatic heterocycles. The van der Waals surface area contributed by atoms with Crippen LogP contribution in [0.4, 0.5) is 0 Å². The Labute approximate surface area is 129 Å². The first kappa shape index (κ1) is 15.4. The van der Waals surface area contributed by atoms with Gasteiger partial charge in [0.2, 0.25) is 0 Å². The Balaban J connectivity index is 2.16. The van der Waals surface area contributed by atoms with Gasteiger partial charge in [-0.05, 0) is 41.5 Å². The van der Waals surface area contributed by atoms with Crippen molar-refractivity contribution in [2.75, 3.05) is 14.2 Å². The molecule has 0 spiro atoms. The molecule has 0 aliphatic heterocycles. The number of ether oxygens (including phenoxy) is 2. The number of aliphatic hydroxyl groups is 1. The number of rotatable bonds is 5. The number of hydrogen-bond acceptors (Lipinski definition) is 3. The summed E-state index contributed by atoms with van der Waals surface area (Å²) >= 11 is 6.20. The lowest BCUT2D eigenvalue weighted by Gasteiger charge is -2.11. The van der Waals surface area contributed by atoms with E-state index in [0.29, 0.717) is 10.6 Å². The second kappa shape index (κ2) is 7.16. The number of methoxy groups -OCH3 is 2. The molecule has 0 radical (unpaired) electrons. The van der Waals surface area contributed by atoms with E-state index in [9.17, 15) is 5.11 Å². The van der Waals surface area contributed by atoms with Crippen LogP contribution in [0.15, 0.2) is 53.6 Å². The molecule has 0 aliphatic carbocycles. The van der Waals surface area contributed by atoms with E-state index in [1.807, 2.05) is 24.3 Å². The van der Waals surface area contributed by atoms with E-state index in [1.54, 1.807) is 44.6 Å². The highest BCUT2D eigenvalue weighted by Gasteiger charge is 2.11. The Bertz CT molecular complexity index is 603. The van der Waals surface area contributed by atoms with Crippen molar-refractivity contribution in [2.24, 2.45) is 0 Å². The van der Waals surface area contributed by atoms with Crippen LogP contribution in [-0.4, -0.2) is 19.3 Å². The Morgan fingerprint density at radius 2 is 1.43 bits per heavy atom. The molecule has 0 saturated carbocycles. The van der Waals surface area contributed by atoms with Crippen molar-refractivity contribution >= 4 is 17.7 Å². The van der Waals surface area contributed by atoms with Gasteiger partial charge in [-0.3, -0.25) is 0 Å². The molecule has 21 heavy (non-hydrogen) atoms. The van der Waals surface area contributed by atoms with Gasteiger partial charge >= 0.3 is 0 Å². The Hall–Kier alpha value is -1.97. The molecule has 3 nitrogen and oxygen atoms in total. The lowest BCUT2D eigenvalue weighted by Crippen LogP contribution is -1.97. The molecule has 0 bridgehead atoms. The largest absolute Gasteiger partial charge is 0.497 e. The van der Waals surface area contributed by atoms with E-state index in [2.05, 4.69) is 0 Å². The van der Waals surface area contributed by atoms with Gasteiger partial charge in [-0.25, -0.2) is 0 Å².